The van der Waals surface area contributed by atoms with Crippen molar-refractivity contribution in [3.63, 3.8) is 0 Å². The van der Waals surface area contributed by atoms with Crippen molar-refractivity contribution < 1.29 is 9.53 Å². The van der Waals surface area contributed by atoms with E-state index in [-0.39, 0.29) is 12.0 Å². The smallest absolute Gasteiger partial charge is 0.254 e. The third-order valence-corrected chi connectivity index (χ3v) is 5.64. The van der Waals surface area contributed by atoms with E-state index in [9.17, 15) is 4.79 Å². The van der Waals surface area contributed by atoms with E-state index in [0.717, 1.165) is 45.8 Å². The molecule has 0 radical (unpaired) electrons. The van der Waals surface area contributed by atoms with Crippen LogP contribution in [0.1, 0.15) is 23.2 Å². The molecule has 4 nitrogen and oxygen atoms in total. The minimum absolute atomic E-state index is 0.0965. The van der Waals surface area contributed by atoms with Crippen LogP contribution in [0.15, 0.2) is 79.0 Å². The van der Waals surface area contributed by atoms with Gasteiger partial charge in [0.2, 0.25) is 0 Å². The van der Waals surface area contributed by atoms with E-state index in [0.29, 0.717) is 13.1 Å². The molecular formula is C25H22N2O2. The Morgan fingerprint density at radius 1 is 0.862 bits per heavy atom. The molecule has 1 saturated heterocycles. The number of carbonyl (C=O) groups is 1. The number of likely N-dealkylation sites (tertiary alicyclic amines) is 1. The van der Waals surface area contributed by atoms with Gasteiger partial charge in [0.05, 0.1) is 0 Å². The molecule has 1 aliphatic heterocycles. The summed E-state index contributed by atoms with van der Waals surface area (Å²) in [6.45, 7) is 1.40. The summed E-state index contributed by atoms with van der Waals surface area (Å²) in [5.41, 5.74) is 1.67. The highest BCUT2D eigenvalue weighted by Gasteiger charge is 2.26. The number of hydrogen-bond acceptors (Lipinski definition) is 3. The third kappa shape index (κ3) is 3.42. The molecule has 144 valence electrons. The fraction of sp³-hybridized carbons (Fsp3) is 0.200. The topological polar surface area (TPSA) is 42.4 Å². The van der Waals surface area contributed by atoms with Crippen molar-refractivity contribution in [2.75, 3.05) is 13.1 Å². The Morgan fingerprint density at radius 2 is 1.59 bits per heavy atom. The van der Waals surface area contributed by atoms with E-state index in [2.05, 4.69) is 4.98 Å². The Balaban J connectivity index is 1.29. The Morgan fingerprint density at radius 3 is 2.48 bits per heavy atom. The molecule has 1 amide bonds. The van der Waals surface area contributed by atoms with Gasteiger partial charge in [-0.05, 0) is 29.0 Å². The Bertz CT molecular complexity index is 1170. The summed E-state index contributed by atoms with van der Waals surface area (Å²) in [6, 6.07) is 24.0. The number of nitrogens with zero attached hydrogens (tertiary/aromatic N) is 2. The second-order valence-electron chi connectivity index (χ2n) is 7.47. The minimum atomic E-state index is 0.0965. The number of fused-ring (bicyclic) bond motifs is 2. The van der Waals surface area contributed by atoms with Crippen molar-refractivity contribution in [3.05, 3.63) is 84.6 Å². The summed E-state index contributed by atoms with van der Waals surface area (Å²) in [6.07, 6.45) is 3.53. The number of aromatic nitrogens is 1. The third-order valence-electron chi connectivity index (χ3n) is 5.64. The van der Waals surface area contributed by atoms with Crippen LogP contribution in [0.4, 0.5) is 0 Å². The lowest BCUT2D eigenvalue weighted by atomic mass is 10.0. The molecule has 1 aliphatic rings. The Hall–Kier alpha value is -3.40. The number of piperidine rings is 1. The van der Waals surface area contributed by atoms with Crippen LogP contribution in [-0.2, 0) is 0 Å². The Kier molecular flexibility index (Phi) is 4.60. The summed E-state index contributed by atoms with van der Waals surface area (Å²) < 4.78 is 6.27. The van der Waals surface area contributed by atoms with Crippen LogP contribution >= 0.6 is 0 Å². The van der Waals surface area contributed by atoms with Crippen molar-refractivity contribution in [2.45, 2.75) is 18.9 Å². The van der Waals surface area contributed by atoms with E-state index in [1.165, 1.54) is 0 Å². The lowest BCUT2D eigenvalue weighted by molar-refractivity contribution is 0.0599. The van der Waals surface area contributed by atoms with Crippen molar-refractivity contribution >= 4 is 27.6 Å². The first-order valence-corrected chi connectivity index (χ1v) is 10.1. The van der Waals surface area contributed by atoms with Gasteiger partial charge < -0.3 is 9.64 Å². The fourth-order valence-corrected chi connectivity index (χ4v) is 4.11. The highest BCUT2D eigenvalue weighted by molar-refractivity contribution is 6.07. The van der Waals surface area contributed by atoms with Gasteiger partial charge >= 0.3 is 0 Å². The summed E-state index contributed by atoms with van der Waals surface area (Å²) in [5.74, 6) is 0.925. The van der Waals surface area contributed by atoms with E-state index >= 15 is 0 Å². The van der Waals surface area contributed by atoms with Gasteiger partial charge in [0.25, 0.3) is 5.91 Å². The first-order chi connectivity index (χ1) is 14.3. The van der Waals surface area contributed by atoms with Gasteiger partial charge in [-0.15, -0.1) is 0 Å². The number of pyridine rings is 1. The molecule has 0 N–H and O–H groups in total. The van der Waals surface area contributed by atoms with Gasteiger partial charge in [-0.25, -0.2) is 0 Å². The van der Waals surface area contributed by atoms with Gasteiger partial charge in [-0.3, -0.25) is 9.78 Å². The average Bonchev–Trinajstić information content (AvgIpc) is 2.79. The first-order valence-electron chi connectivity index (χ1n) is 10.1. The molecule has 1 aromatic heterocycles. The summed E-state index contributed by atoms with van der Waals surface area (Å²) in [5, 5.41) is 3.19. The predicted octanol–water partition coefficient (Wildman–Crippen LogP) is 5.07. The normalized spacial score (nSPS) is 15.0. The Labute approximate surface area is 169 Å². The van der Waals surface area contributed by atoms with Crippen molar-refractivity contribution in [1.82, 2.24) is 9.88 Å². The van der Waals surface area contributed by atoms with E-state index in [1.54, 1.807) is 6.20 Å². The second kappa shape index (κ2) is 7.55. The maximum atomic E-state index is 13.1. The molecule has 0 saturated carbocycles. The van der Waals surface area contributed by atoms with Crippen LogP contribution in [0.25, 0.3) is 21.7 Å². The predicted molar refractivity (Wildman–Crippen MR) is 115 cm³/mol. The first kappa shape index (κ1) is 17.7. The van der Waals surface area contributed by atoms with Crippen LogP contribution in [0.2, 0.25) is 0 Å². The number of rotatable bonds is 3. The average molecular weight is 382 g/mol. The standard InChI is InChI=1S/C25H22N2O2/c28-25(22-11-3-7-18-6-1-2-10-21(18)22)27-16-13-20(14-17-27)29-23-12-4-8-19-9-5-15-26-24(19)23/h1-12,15,20H,13-14,16-17H2. The number of hydrogen-bond donors (Lipinski definition) is 0. The fourth-order valence-electron chi connectivity index (χ4n) is 4.11. The molecule has 0 bridgehead atoms. The molecule has 3 aromatic carbocycles. The van der Waals surface area contributed by atoms with Crippen LogP contribution < -0.4 is 4.74 Å². The van der Waals surface area contributed by atoms with Gasteiger partial charge in [0.15, 0.2) is 0 Å². The zero-order valence-electron chi connectivity index (χ0n) is 16.1. The zero-order valence-corrected chi connectivity index (χ0v) is 16.1. The molecule has 0 aliphatic carbocycles. The highest BCUT2D eigenvalue weighted by atomic mass is 16.5. The van der Waals surface area contributed by atoms with Gasteiger partial charge in [0.1, 0.15) is 17.4 Å². The van der Waals surface area contributed by atoms with E-state index in [4.69, 9.17) is 4.74 Å². The number of carbonyl (C=O) groups excluding carboxylic acids is 1. The highest BCUT2D eigenvalue weighted by Crippen LogP contribution is 2.27. The SMILES string of the molecule is O=C(c1cccc2ccccc12)N1CCC(Oc2cccc3cccnc23)CC1. The van der Waals surface area contributed by atoms with Crippen LogP contribution in [0, 0.1) is 0 Å². The summed E-state index contributed by atoms with van der Waals surface area (Å²) in [4.78, 5) is 19.5. The van der Waals surface area contributed by atoms with Gasteiger partial charge in [0, 0.05) is 43.1 Å². The molecule has 4 heteroatoms. The molecule has 4 aromatic rings. The molecule has 0 unspecified atom stereocenters. The van der Waals surface area contributed by atoms with E-state index in [1.807, 2.05) is 77.7 Å². The number of ether oxygens (including phenoxy) is 1. The maximum absolute atomic E-state index is 13.1. The molecular weight excluding hydrogens is 360 g/mol. The molecule has 29 heavy (non-hydrogen) atoms. The van der Waals surface area contributed by atoms with Crippen LogP contribution in [0.5, 0.6) is 5.75 Å². The molecule has 5 rings (SSSR count). The zero-order chi connectivity index (χ0) is 19.6. The number of benzene rings is 3. The lowest BCUT2D eigenvalue weighted by Gasteiger charge is -2.32. The quantitative estimate of drug-likeness (QED) is 0.497. The largest absolute Gasteiger partial charge is 0.488 e. The van der Waals surface area contributed by atoms with Gasteiger partial charge in [-0.2, -0.15) is 0 Å². The monoisotopic (exact) mass is 382 g/mol. The van der Waals surface area contributed by atoms with Gasteiger partial charge in [-0.1, -0.05) is 54.6 Å². The lowest BCUT2D eigenvalue weighted by Crippen LogP contribution is -2.41. The minimum Gasteiger partial charge on any atom is -0.488 e. The maximum Gasteiger partial charge on any atom is 0.254 e. The van der Waals surface area contributed by atoms with Crippen molar-refractivity contribution in [2.24, 2.45) is 0 Å². The summed E-state index contributed by atoms with van der Waals surface area (Å²) in [7, 11) is 0. The molecule has 0 atom stereocenters. The summed E-state index contributed by atoms with van der Waals surface area (Å²) >= 11 is 0. The van der Waals surface area contributed by atoms with Crippen LogP contribution in [0.3, 0.4) is 0 Å². The van der Waals surface area contributed by atoms with Crippen molar-refractivity contribution in [1.29, 1.82) is 0 Å². The van der Waals surface area contributed by atoms with E-state index < -0.39 is 0 Å². The van der Waals surface area contributed by atoms with Crippen molar-refractivity contribution in [3.8, 4) is 5.75 Å². The second-order valence-corrected chi connectivity index (χ2v) is 7.47. The number of para-hydroxylation sites is 1. The van der Waals surface area contributed by atoms with Crippen LogP contribution in [-0.4, -0.2) is 35.0 Å². The number of amides is 1. The molecule has 0 spiro atoms. The molecule has 1 fully saturated rings. The molecule has 2 heterocycles.